The summed E-state index contributed by atoms with van der Waals surface area (Å²) in [5.41, 5.74) is 1.54. The molecule has 2 heterocycles. The van der Waals surface area contributed by atoms with Crippen molar-refractivity contribution in [1.29, 1.82) is 0 Å². The summed E-state index contributed by atoms with van der Waals surface area (Å²) in [6, 6.07) is 4.67. The Morgan fingerprint density at radius 3 is 2.77 bits per heavy atom. The minimum atomic E-state index is -0.669. The molecule has 0 N–H and O–H groups in total. The summed E-state index contributed by atoms with van der Waals surface area (Å²) >= 11 is 1.49. The van der Waals surface area contributed by atoms with Gasteiger partial charge in [-0.3, -0.25) is 9.69 Å². The van der Waals surface area contributed by atoms with Crippen LogP contribution in [0, 0.1) is 0 Å². The lowest BCUT2D eigenvalue weighted by Crippen LogP contribution is -2.45. The van der Waals surface area contributed by atoms with E-state index in [9.17, 15) is 9.59 Å². The Kier molecular flexibility index (Phi) is 6.99. The van der Waals surface area contributed by atoms with Gasteiger partial charge in [0.1, 0.15) is 13.2 Å². The van der Waals surface area contributed by atoms with Crippen LogP contribution in [0.3, 0.4) is 0 Å². The largest absolute Gasteiger partial charge is 0.493 e. The molecule has 1 atom stereocenters. The summed E-state index contributed by atoms with van der Waals surface area (Å²) in [5, 5.41) is 0.583. The van der Waals surface area contributed by atoms with Crippen molar-refractivity contribution in [2.24, 2.45) is 4.99 Å². The van der Waals surface area contributed by atoms with Crippen molar-refractivity contribution in [3.8, 4) is 11.5 Å². The Balaban J connectivity index is 2.10. The van der Waals surface area contributed by atoms with E-state index in [4.69, 9.17) is 14.2 Å². The number of ether oxygens (including phenoxy) is 3. The number of esters is 1. The lowest BCUT2D eigenvalue weighted by Gasteiger charge is -2.39. The number of methoxy groups -OCH3 is 1. The van der Waals surface area contributed by atoms with E-state index in [1.165, 1.54) is 24.9 Å². The summed E-state index contributed by atoms with van der Waals surface area (Å²) in [4.78, 5) is 31.8. The number of fused-ring (bicyclic) bond motifs is 1. The molecule has 30 heavy (non-hydrogen) atoms. The highest BCUT2D eigenvalue weighted by Crippen LogP contribution is 2.42. The molecule has 7 nitrogen and oxygen atoms in total. The van der Waals surface area contributed by atoms with Crippen LogP contribution in [-0.4, -0.2) is 48.0 Å². The maximum atomic E-state index is 12.9. The number of thioether (sulfide) groups is 1. The Labute approximate surface area is 180 Å². The highest BCUT2D eigenvalue weighted by molar-refractivity contribution is 8.14. The smallest absolute Gasteiger partial charge is 0.338 e. The number of carbonyl (C=O) groups is 2. The van der Waals surface area contributed by atoms with Crippen molar-refractivity contribution in [1.82, 2.24) is 4.90 Å². The topological polar surface area (TPSA) is 77.4 Å². The number of amides is 1. The molecule has 3 rings (SSSR count). The van der Waals surface area contributed by atoms with Crippen LogP contribution in [0.5, 0.6) is 11.5 Å². The third-order valence-corrected chi connectivity index (χ3v) is 5.57. The minimum Gasteiger partial charge on any atom is -0.493 e. The number of amidine groups is 1. The number of aliphatic imine (C=N–C) groups is 1. The molecule has 1 amide bonds. The molecule has 1 fully saturated rings. The second-order valence-electron chi connectivity index (χ2n) is 6.56. The van der Waals surface area contributed by atoms with Crippen molar-refractivity contribution in [2.45, 2.75) is 19.4 Å². The summed E-state index contributed by atoms with van der Waals surface area (Å²) in [7, 11) is 1.54. The van der Waals surface area contributed by atoms with E-state index in [1.54, 1.807) is 30.0 Å². The highest BCUT2D eigenvalue weighted by Gasteiger charge is 2.41. The fourth-order valence-corrected chi connectivity index (χ4v) is 4.31. The van der Waals surface area contributed by atoms with E-state index < -0.39 is 12.0 Å². The lowest BCUT2D eigenvalue weighted by molar-refractivity contribution is -0.139. The zero-order valence-corrected chi connectivity index (χ0v) is 17.9. The Bertz CT molecular complexity index is 937. The van der Waals surface area contributed by atoms with Gasteiger partial charge in [0.2, 0.25) is 5.91 Å². The van der Waals surface area contributed by atoms with Crippen LogP contribution in [-0.2, 0) is 14.3 Å². The SMILES string of the molecule is C=CCOC(=O)C1=C(C)N=C2SCCC(=O)N2[C@@H]1c1ccc(OCC=C)c(OC)c1. The molecule has 158 valence electrons. The molecular weight excluding hydrogens is 404 g/mol. The maximum absolute atomic E-state index is 12.9. The van der Waals surface area contributed by atoms with Crippen LogP contribution in [0.4, 0.5) is 0 Å². The van der Waals surface area contributed by atoms with Gasteiger partial charge in [-0.05, 0) is 24.6 Å². The van der Waals surface area contributed by atoms with Gasteiger partial charge < -0.3 is 14.2 Å². The molecule has 1 aromatic carbocycles. The second-order valence-corrected chi connectivity index (χ2v) is 7.62. The quantitative estimate of drug-likeness (QED) is 0.465. The fourth-order valence-electron chi connectivity index (χ4n) is 3.31. The number of benzene rings is 1. The van der Waals surface area contributed by atoms with Gasteiger partial charge in [0, 0.05) is 12.2 Å². The molecule has 0 saturated carbocycles. The molecule has 0 bridgehead atoms. The average Bonchev–Trinajstić information content (AvgIpc) is 2.75. The number of carbonyl (C=O) groups excluding carboxylic acids is 2. The molecule has 0 aliphatic carbocycles. The highest BCUT2D eigenvalue weighted by atomic mass is 32.2. The van der Waals surface area contributed by atoms with Crippen molar-refractivity contribution in [2.75, 3.05) is 26.1 Å². The molecule has 0 radical (unpaired) electrons. The van der Waals surface area contributed by atoms with Crippen LogP contribution in [0.25, 0.3) is 0 Å². The van der Waals surface area contributed by atoms with Gasteiger partial charge in [0.15, 0.2) is 16.7 Å². The van der Waals surface area contributed by atoms with Gasteiger partial charge in [-0.2, -0.15) is 0 Å². The van der Waals surface area contributed by atoms with Crippen molar-refractivity contribution in [3.63, 3.8) is 0 Å². The summed E-state index contributed by atoms with van der Waals surface area (Å²) < 4.78 is 16.4. The second kappa shape index (κ2) is 9.67. The molecule has 0 unspecified atom stereocenters. The first kappa shape index (κ1) is 21.7. The third-order valence-electron chi connectivity index (χ3n) is 4.62. The van der Waals surface area contributed by atoms with Crippen LogP contribution in [0.15, 0.2) is 59.8 Å². The normalized spacial score (nSPS) is 18.3. The van der Waals surface area contributed by atoms with Crippen LogP contribution in [0.1, 0.15) is 24.9 Å². The van der Waals surface area contributed by atoms with E-state index in [-0.39, 0.29) is 12.5 Å². The zero-order chi connectivity index (χ0) is 21.7. The lowest BCUT2D eigenvalue weighted by atomic mass is 9.94. The Hall–Kier alpha value is -3.00. The van der Waals surface area contributed by atoms with Gasteiger partial charge in [0.25, 0.3) is 0 Å². The Morgan fingerprint density at radius 1 is 1.30 bits per heavy atom. The molecule has 0 aromatic heterocycles. The van der Waals surface area contributed by atoms with Gasteiger partial charge in [-0.15, -0.1) is 0 Å². The van der Waals surface area contributed by atoms with Gasteiger partial charge in [0.05, 0.1) is 24.4 Å². The minimum absolute atomic E-state index is 0.0687. The van der Waals surface area contributed by atoms with Crippen LogP contribution >= 0.6 is 11.8 Å². The number of allylic oxidation sites excluding steroid dienone is 1. The fraction of sp³-hybridized carbons (Fsp3) is 0.318. The van der Waals surface area contributed by atoms with E-state index in [2.05, 4.69) is 18.2 Å². The summed E-state index contributed by atoms with van der Waals surface area (Å²) in [5.74, 6) is 1.07. The van der Waals surface area contributed by atoms with E-state index in [0.29, 0.717) is 52.3 Å². The maximum Gasteiger partial charge on any atom is 0.338 e. The molecule has 1 saturated heterocycles. The van der Waals surface area contributed by atoms with Crippen molar-refractivity contribution < 1.29 is 23.8 Å². The van der Waals surface area contributed by atoms with E-state index in [1.807, 2.05) is 6.07 Å². The molecular formula is C22H24N2O5S. The number of rotatable bonds is 8. The number of hydrogen-bond acceptors (Lipinski definition) is 7. The predicted molar refractivity (Wildman–Crippen MR) is 117 cm³/mol. The molecule has 2 aliphatic heterocycles. The van der Waals surface area contributed by atoms with Gasteiger partial charge in [-0.25, -0.2) is 9.79 Å². The van der Waals surface area contributed by atoms with Crippen LogP contribution in [0.2, 0.25) is 0 Å². The first-order valence-electron chi connectivity index (χ1n) is 9.45. The summed E-state index contributed by atoms with van der Waals surface area (Å²) in [6.45, 7) is 9.38. The monoisotopic (exact) mass is 428 g/mol. The van der Waals surface area contributed by atoms with E-state index in [0.717, 1.165) is 0 Å². The van der Waals surface area contributed by atoms with Gasteiger partial charge in [-0.1, -0.05) is 43.1 Å². The zero-order valence-electron chi connectivity index (χ0n) is 17.1. The van der Waals surface area contributed by atoms with E-state index >= 15 is 0 Å². The van der Waals surface area contributed by atoms with Crippen molar-refractivity contribution in [3.05, 3.63) is 60.3 Å². The first-order valence-corrected chi connectivity index (χ1v) is 10.4. The third kappa shape index (κ3) is 4.28. The molecule has 8 heteroatoms. The van der Waals surface area contributed by atoms with Crippen molar-refractivity contribution >= 4 is 28.8 Å². The van der Waals surface area contributed by atoms with Gasteiger partial charge >= 0.3 is 5.97 Å². The Morgan fingerprint density at radius 2 is 2.07 bits per heavy atom. The molecule has 2 aliphatic rings. The standard InChI is InChI=1S/C22H24N2O5S/c1-5-10-28-16-8-7-15(13-17(16)27-4)20-19(21(26)29-11-6-2)14(3)23-22-24(20)18(25)9-12-30-22/h5-8,13,20H,1-2,9-12H2,3-4H3/t20-/m1/s1. The molecule has 0 spiro atoms. The first-order chi connectivity index (χ1) is 14.5. The number of nitrogens with zero attached hydrogens (tertiary/aromatic N) is 2. The average molecular weight is 429 g/mol. The summed E-state index contributed by atoms with van der Waals surface area (Å²) in [6.07, 6.45) is 3.50. The van der Waals surface area contributed by atoms with Crippen LogP contribution < -0.4 is 9.47 Å². The number of hydrogen-bond donors (Lipinski definition) is 0. The molecule has 1 aromatic rings. The predicted octanol–water partition coefficient (Wildman–Crippen LogP) is 3.64.